The standard InChI is InChI=1S/C3H5N3O2/c7-2-4-1-5-3(8)6-2/h1H2,(H3,4,5,6,7,8). The van der Waals surface area contributed by atoms with Crippen LogP contribution in [-0.4, -0.2) is 18.7 Å². The Balaban J connectivity index is 2.45. The van der Waals surface area contributed by atoms with Gasteiger partial charge in [-0.25, -0.2) is 9.59 Å². The topological polar surface area (TPSA) is 70.2 Å². The van der Waals surface area contributed by atoms with Crippen molar-refractivity contribution in [1.82, 2.24) is 16.0 Å². The first-order chi connectivity index (χ1) is 3.79. The van der Waals surface area contributed by atoms with E-state index < -0.39 is 12.1 Å². The zero-order valence-electron chi connectivity index (χ0n) is 4.02. The lowest BCUT2D eigenvalue weighted by Crippen LogP contribution is -2.55. The number of hydrogen-bond donors (Lipinski definition) is 3. The normalized spacial score (nSPS) is 18.5. The Morgan fingerprint density at radius 1 is 1.12 bits per heavy atom. The SMILES string of the molecule is O=C1NCNC(=O)N1. The summed E-state index contributed by atoms with van der Waals surface area (Å²) in [6.07, 6.45) is 0. The molecule has 1 aliphatic rings. The fourth-order valence-electron chi connectivity index (χ4n) is 0.396. The largest absolute Gasteiger partial charge is 0.324 e. The molecule has 3 N–H and O–H groups in total. The zero-order chi connectivity index (χ0) is 5.98. The van der Waals surface area contributed by atoms with E-state index in [0.717, 1.165) is 0 Å². The third-order valence-electron chi connectivity index (χ3n) is 0.725. The second kappa shape index (κ2) is 1.69. The summed E-state index contributed by atoms with van der Waals surface area (Å²) in [6.45, 7) is 0.213. The van der Waals surface area contributed by atoms with Crippen LogP contribution in [0.15, 0.2) is 0 Å². The number of rotatable bonds is 0. The van der Waals surface area contributed by atoms with Gasteiger partial charge < -0.3 is 10.6 Å². The Morgan fingerprint density at radius 3 is 1.88 bits per heavy atom. The van der Waals surface area contributed by atoms with Gasteiger partial charge in [0.1, 0.15) is 0 Å². The van der Waals surface area contributed by atoms with Crippen molar-refractivity contribution in [3.05, 3.63) is 0 Å². The highest BCUT2D eigenvalue weighted by atomic mass is 16.2. The second-order valence-electron chi connectivity index (χ2n) is 1.31. The van der Waals surface area contributed by atoms with E-state index in [1.807, 2.05) is 5.32 Å². The highest BCUT2D eigenvalue weighted by molar-refractivity contribution is 5.95. The van der Waals surface area contributed by atoms with E-state index in [1.54, 1.807) is 0 Å². The zero-order valence-corrected chi connectivity index (χ0v) is 4.02. The van der Waals surface area contributed by atoms with Gasteiger partial charge in [-0.1, -0.05) is 0 Å². The minimum Gasteiger partial charge on any atom is -0.320 e. The summed E-state index contributed by atoms with van der Waals surface area (Å²) in [5.74, 6) is 0. The number of imide groups is 1. The molecule has 0 radical (unpaired) electrons. The van der Waals surface area contributed by atoms with Crippen LogP contribution in [0.5, 0.6) is 0 Å². The van der Waals surface area contributed by atoms with Crippen molar-refractivity contribution in [2.45, 2.75) is 0 Å². The molecule has 1 rings (SSSR count). The van der Waals surface area contributed by atoms with E-state index in [4.69, 9.17) is 0 Å². The molecule has 1 heterocycles. The van der Waals surface area contributed by atoms with Crippen molar-refractivity contribution in [2.24, 2.45) is 0 Å². The third kappa shape index (κ3) is 0.868. The molecule has 0 aromatic heterocycles. The predicted molar refractivity (Wildman–Crippen MR) is 25.1 cm³/mol. The van der Waals surface area contributed by atoms with Crippen LogP contribution >= 0.6 is 0 Å². The molecule has 0 unspecified atom stereocenters. The molecule has 0 spiro atoms. The number of nitrogens with one attached hydrogen (secondary N) is 3. The highest BCUT2D eigenvalue weighted by Crippen LogP contribution is 1.70. The number of carbonyl (C=O) groups is 2. The Morgan fingerprint density at radius 2 is 1.62 bits per heavy atom. The van der Waals surface area contributed by atoms with Crippen LogP contribution in [0.2, 0.25) is 0 Å². The molecule has 0 aliphatic carbocycles. The molecule has 1 aliphatic heterocycles. The second-order valence-corrected chi connectivity index (χ2v) is 1.31. The number of amides is 4. The number of hydrogen-bond acceptors (Lipinski definition) is 2. The summed E-state index contributed by atoms with van der Waals surface area (Å²) in [7, 11) is 0. The van der Waals surface area contributed by atoms with E-state index in [0.29, 0.717) is 0 Å². The lowest BCUT2D eigenvalue weighted by molar-refractivity contribution is 0.219. The van der Waals surface area contributed by atoms with Crippen LogP contribution in [0.3, 0.4) is 0 Å². The van der Waals surface area contributed by atoms with Crippen molar-refractivity contribution < 1.29 is 9.59 Å². The Hall–Kier alpha value is -1.26. The van der Waals surface area contributed by atoms with Crippen molar-refractivity contribution in [1.29, 1.82) is 0 Å². The van der Waals surface area contributed by atoms with Gasteiger partial charge in [-0.2, -0.15) is 0 Å². The van der Waals surface area contributed by atoms with Crippen LogP contribution in [0.4, 0.5) is 9.59 Å². The van der Waals surface area contributed by atoms with Gasteiger partial charge in [0.25, 0.3) is 0 Å². The summed E-state index contributed by atoms with van der Waals surface area (Å²) in [6, 6.07) is -0.900. The van der Waals surface area contributed by atoms with Gasteiger partial charge in [-0.05, 0) is 0 Å². The van der Waals surface area contributed by atoms with Crippen molar-refractivity contribution in [3.63, 3.8) is 0 Å². The van der Waals surface area contributed by atoms with Gasteiger partial charge in [-0.15, -0.1) is 0 Å². The minimum absolute atomic E-state index is 0.213. The Labute approximate surface area is 45.4 Å². The molecule has 0 aromatic carbocycles. The summed E-state index contributed by atoms with van der Waals surface area (Å²) in [5.41, 5.74) is 0. The van der Waals surface area contributed by atoms with E-state index in [-0.39, 0.29) is 6.67 Å². The predicted octanol–water partition coefficient (Wildman–Crippen LogP) is -1.03. The smallest absolute Gasteiger partial charge is 0.320 e. The molecule has 44 valence electrons. The maximum Gasteiger partial charge on any atom is 0.324 e. The van der Waals surface area contributed by atoms with Crippen molar-refractivity contribution >= 4 is 12.1 Å². The van der Waals surface area contributed by atoms with Gasteiger partial charge in [0, 0.05) is 0 Å². The maximum atomic E-state index is 10.2. The van der Waals surface area contributed by atoms with Gasteiger partial charge >= 0.3 is 12.1 Å². The minimum atomic E-state index is -0.450. The first-order valence-corrected chi connectivity index (χ1v) is 2.12. The van der Waals surface area contributed by atoms with E-state index in [2.05, 4.69) is 10.6 Å². The van der Waals surface area contributed by atoms with Crippen LogP contribution < -0.4 is 16.0 Å². The van der Waals surface area contributed by atoms with Crippen LogP contribution in [0.1, 0.15) is 0 Å². The quantitative estimate of drug-likeness (QED) is 0.377. The molecule has 8 heavy (non-hydrogen) atoms. The summed E-state index contributed by atoms with van der Waals surface area (Å²) in [4.78, 5) is 20.4. The molecule has 0 aromatic rings. The molecule has 0 bridgehead atoms. The lowest BCUT2D eigenvalue weighted by Gasteiger charge is -2.12. The molecule has 0 saturated carbocycles. The average molecular weight is 115 g/mol. The number of urea groups is 2. The fraction of sp³-hybridized carbons (Fsp3) is 0.333. The first kappa shape index (κ1) is 4.89. The third-order valence-corrected chi connectivity index (χ3v) is 0.725. The van der Waals surface area contributed by atoms with Gasteiger partial charge in [0.2, 0.25) is 0 Å². The van der Waals surface area contributed by atoms with E-state index in [9.17, 15) is 9.59 Å². The monoisotopic (exact) mass is 115 g/mol. The maximum absolute atomic E-state index is 10.2. The van der Waals surface area contributed by atoms with E-state index in [1.165, 1.54) is 0 Å². The lowest BCUT2D eigenvalue weighted by atomic mass is 10.7. The van der Waals surface area contributed by atoms with Crippen LogP contribution in [0, 0.1) is 0 Å². The average Bonchev–Trinajstić information content (AvgIpc) is 1.64. The van der Waals surface area contributed by atoms with E-state index >= 15 is 0 Å². The summed E-state index contributed by atoms with van der Waals surface area (Å²) >= 11 is 0. The molecule has 0 atom stereocenters. The molecular weight excluding hydrogens is 110 g/mol. The molecular formula is C3H5N3O2. The van der Waals surface area contributed by atoms with Crippen molar-refractivity contribution in [2.75, 3.05) is 6.67 Å². The molecule has 1 fully saturated rings. The highest BCUT2D eigenvalue weighted by Gasteiger charge is 2.10. The van der Waals surface area contributed by atoms with Gasteiger partial charge in [0.05, 0.1) is 6.67 Å². The molecule has 1 saturated heterocycles. The first-order valence-electron chi connectivity index (χ1n) is 2.12. The van der Waals surface area contributed by atoms with Gasteiger partial charge in [0.15, 0.2) is 0 Å². The fourth-order valence-corrected chi connectivity index (χ4v) is 0.396. The molecule has 4 amide bonds. The van der Waals surface area contributed by atoms with Crippen LogP contribution in [0.25, 0.3) is 0 Å². The molecule has 5 nitrogen and oxygen atoms in total. The summed E-state index contributed by atoms with van der Waals surface area (Å²) in [5, 5.41) is 6.64. The Kier molecular flexibility index (Phi) is 1.03. The molecule has 5 heteroatoms. The van der Waals surface area contributed by atoms with Crippen molar-refractivity contribution in [3.8, 4) is 0 Å². The summed E-state index contributed by atoms with van der Waals surface area (Å²) < 4.78 is 0. The van der Waals surface area contributed by atoms with Gasteiger partial charge in [-0.3, -0.25) is 5.32 Å². The van der Waals surface area contributed by atoms with Crippen LogP contribution in [-0.2, 0) is 0 Å². The Bertz CT molecular complexity index is 118. The number of carbonyl (C=O) groups excluding carboxylic acids is 2.